The predicted molar refractivity (Wildman–Crippen MR) is 86.3 cm³/mol. The van der Waals surface area contributed by atoms with E-state index in [4.69, 9.17) is 0 Å². The summed E-state index contributed by atoms with van der Waals surface area (Å²) < 4.78 is 4.48. The SMILES string of the molecule is CCn1ccc(CNCCn2c(C)nc3ccccc32)c1. The third-order valence-electron chi connectivity index (χ3n) is 3.86. The summed E-state index contributed by atoms with van der Waals surface area (Å²) in [4.78, 5) is 4.60. The van der Waals surface area contributed by atoms with Gasteiger partial charge in [-0.05, 0) is 37.6 Å². The van der Waals surface area contributed by atoms with Crippen LogP contribution in [0.4, 0.5) is 0 Å². The molecule has 1 aromatic carbocycles. The first kappa shape index (κ1) is 13.9. The minimum Gasteiger partial charge on any atom is -0.354 e. The normalized spacial score (nSPS) is 11.3. The fraction of sp³-hybridized carbons (Fsp3) is 0.353. The van der Waals surface area contributed by atoms with Crippen LogP contribution in [0, 0.1) is 6.92 Å². The molecule has 0 aliphatic heterocycles. The second-order valence-electron chi connectivity index (χ2n) is 5.33. The summed E-state index contributed by atoms with van der Waals surface area (Å²) in [5, 5.41) is 3.51. The van der Waals surface area contributed by atoms with Crippen LogP contribution in [-0.2, 0) is 19.6 Å². The van der Waals surface area contributed by atoms with Crippen molar-refractivity contribution in [2.24, 2.45) is 0 Å². The number of imidazole rings is 1. The fourth-order valence-electron chi connectivity index (χ4n) is 2.69. The van der Waals surface area contributed by atoms with E-state index in [1.807, 2.05) is 6.07 Å². The van der Waals surface area contributed by atoms with Gasteiger partial charge in [0.2, 0.25) is 0 Å². The third-order valence-corrected chi connectivity index (χ3v) is 3.86. The van der Waals surface area contributed by atoms with Gasteiger partial charge >= 0.3 is 0 Å². The van der Waals surface area contributed by atoms with Crippen molar-refractivity contribution in [1.82, 2.24) is 19.4 Å². The monoisotopic (exact) mass is 282 g/mol. The standard InChI is InChI=1S/C17H22N4/c1-3-20-10-8-15(13-20)12-18-9-11-21-14(2)19-16-6-4-5-7-17(16)21/h4-8,10,13,18H,3,9,11-12H2,1-2H3. The molecule has 0 aliphatic carbocycles. The molecule has 0 bridgehead atoms. The zero-order chi connectivity index (χ0) is 14.7. The quantitative estimate of drug-likeness (QED) is 0.705. The van der Waals surface area contributed by atoms with E-state index in [1.165, 1.54) is 11.1 Å². The van der Waals surface area contributed by atoms with Crippen molar-refractivity contribution in [2.75, 3.05) is 6.54 Å². The lowest BCUT2D eigenvalue weighted by Gasteiger charge is -2.08. The minimum absolute atomic E-state index is 0.915. The number of aromatic nitrogens is 3. The predicted octanol–water partition coefficient (Wildman–Crippen LogP) is 2.96. The highest BCUT2D eigenvalue weighted by molar-refractivity contribution is 5.75. The van der Waals surface area contributed by atoms with Crippen molar-refractivity contribution in [3.8, 4) is 0 Å². The number of para-hydroxylation sites is 2. The van der Waals surface area contributed by atoms with Crippen LogP contribution in [-0.4, -0.2) is 20.7 Å². The van der Waals surface area contributed by atoms with Crippen LogP contribution in [0.1, 0.15) is 18.3 Å². The summed E-state index contributed by atoms with van der Waals surface area (Å²) in [6.45, 7) is 8.06. The first-order chi connectivity index (χ1) is 10.3. The van der Waals surface area contributed by atoms with Crippen molar-refractivity contribution in [3.63, 3.8) is 0 Å². The van der Waals surface area contributed by atoms with Gasteiger partial charge in [0.15, 0.2) is 0 Å². The van der Waals surface area contributed by atoms with Crippen LogP contribution in [0.2, 0.25) is 0 Å². The molecule has 0 atom stereocenters. The Labute approximate surface area is 125 Å². The lowest BCUT2D eigenvalue weighted by atomic mass is 10.3. The first-order valence-electron chi connectivity index (χ1n) is 7.55. The minimum atomic E-state index is 0.915. The summed E-state index contributed by atoms with van der Waals surface area (Å²) in [7, 11) is 0. The third kappa shape index (κ3) is 3.00. The Kier molecular flexibility index (Phi) is 4.06. The number of hydrogen-bond donors (Lipinski definition) is 1. The molecule has 0 radical (unpaired) electrons. The average molecular weight is 282 g/mol. The zero-order valence-corrected chi connectivity index (χ0v) is 12.7. The Morgan fingerprint density at radius 1 is 1.19 bits per heavy atom. The molecule has 0 saturated heterocycles. The van der Waals surface area contributed by atoms with E-state index in [1.54, 1.807) is 0 Å². The number of benzene rings is 1. The molecule has 0 spiro atoms. The molecule has 4 nitrogen and oxygen atoms in total. The topological polar surface area (TPSA) is 34.8 Å². The van der Waals surface area contributed by atoms with E-state index in [-0.39, 0.29) is 0 Å². The largest absolute Gasteiger partial charge is 0.354 e. The Bertz CT molecular complexity index is 723. The van der Waals surface area contributed by atoms with Crippen molar-refractivity contribution in [2.45, 2.75) is 33.5 Å². The maximum atomic E-state index is 4.60. The van der Waals surface area contributed by atoms with Gasteiger partial charge < -0.3 is 14.5 Å². The molecule has 3 rings (SSSR count). The molecule has 2 heterocycles. The molecule has 0 fully saturated rings. The summed E-state index contributed by atoms with van der Waals surface area (Å²) >= 11 is 0. The van der Waals surface area contributed by atoms with Crippen molar-refractivity contribution in [3.05, 3.63) is 54.1 Å². The van der Waals surface area contributed by atoms with Gasteiger partial charge in [-0.3, -0.25) is 0 Å². The highest BCUT2D eigenvalue weighted by Crippen LogP contribution is 2.14. The van der Waals surface area contributed by atoms with Crippen LogP contribution < -0.4 is 5.32 Å². The summed E-state index contributed by atoms with van der Waals surface area (Å²) in [5.41, 5.74) is 3.63. The van der Waals surface area contributed by atoms with Crippen LogP contribution in [0.25, 0.3) is 11.0 Å². The van der Waals surface area contributed by atoms with Gasteiger partial charge in [-0.15, -0.1) is 0 Å². The number of fused-ring (bicyclic) bond motifs is 1. The molecule has 2 aromatic heterocycles. The Morgan fingerprint density at radius 2 is 2.05 bits per heavy atom. The molecule has 3 aromatic rings. The Balaban J connectivity index is 1.58. The van der Waals surface area contributed by atoms with Gasteiger partial charge in [0.1, 0.15) is 5.82 Å². The second kappa shape index (κ2) is 6.14. The summed E-state index contributed by atoms with van der Waals surface area (Å²) in [5.74, 6) is 1.08. The van der Waals surface area contributed by atoms with E-state index in [0.29, 0.717) is 0 Å². The van der Waals surface area contributed by atoms with Crippen molar-refractivity contribution in [1.29, 1.82) is 0 Å². The molecular weight excluding hydrogens is 260 g/mol. The van der Waals surface area contributed by atoms with Gasteiger partial charge in [0, 0.05) is 38.6 Å². The van der Waals surface area contributed by atoms with Gasteiger partial charge in [0.05, 0.1) is 11.0 Å². The molecule has 21 heavy (non-hydrogen) atoms. The van der Waals surface area contributed by atoms with Crippen molar-refractivity contribution < 1.29 is 0 Å². The highest BCUT2D eigenvalue weighted by atomic mass is 15.1. The second-order valence-corrected chi connectivity index (χ2v) is 5.33. The zero-order valence-electron chi connectivity index (χ0n) is 12.7. The van der Waals surface area contributed by atoms with Gasteiger partial charge in [-0.25, -0.2) is 4.98 Å². The maximum absolute atomic E-state index is 4.60. The number of nitrogens with zero attached hydrogens (tertiary/aromatic N) is 3. The lowest BCUT2D eigenvalue weighted by Crippen LogP contribution is -2.19. The van der Waals surface area contributed by atoms with Crippen LogP contribution in [0.15, 0.2) is 42.7 Å². The number of hydrogen-bond acceptors (Lipinski definition) is 2. The van der Waals surface area contributed by atoms with Gasteiger partial charge in [0.25, 0.3) is 0 Å². The molecule has 4 heteroatoms. The molecular formula is C17H22N4. The summed E-state index contributed by atoms with van der Waals surface area (Å²) in [6, 6.07) is 10.5. The first-order valence-corrected chi connectivity index (χ1v) is 7.55. The fourth-order valence-corrected chi connectivity index (χ4v) is 2.69. The van der Waals surface area contributed by atoms with E-state index >= 15 is 0 Å². The molecule has 1 N–H and O–H groups in total. The van der Waals surface area contributed by atoms with E-state index in [0.717, 1.165) is 37.5 Å². The Hall–Kier alpha value is -2.07. The van der Waals surface area contributed by atoms with Crippen LogP contribution >= 0.6 is 0 Å². The molecule has 0 amide bonds. The van der Waals surface area contributed by atoms with E-state index < -0.39 is 0 Å². The number of nitrogens with one attached hydrogen (secondary N) is 1. The summed E-state index contributed by atoms with van der Waals surface area (Å²) in [6.07, 6.45) is 4.33. The van der Waals surface area contributed by atoms with Crippen molar-refractivity contribution >= 4 is 11.0 Å². The maximum Gasteiger partial charge on any atom is 0.106 e. The van der Waals surface area contributed by atoms with E-state index in [2.05, 4.69) is 69.9 Å². The highest BCUT2D eigenvalue weighted by Gasteiger charge is 2.05. The molecule has 0 unspecified atom stereocenters. The smallest absolute Gasteiger partial charge is 0.106 e. The van der Waals surface area contributed by atoms with Crippen LogP contribution in [0.3, 0.4) is 0 Å². The number of rotatable bonds is 6. The van der Waals surface area contributed by atoms with Crippen LogP contribution in [0.5, 0.6) is 0 Å². The molecule has 110 valence electrons. The number of aryl methyl sites for hydroxylation is 2. The average Bonchev–Trinajstić information content (AvgIpc) is 3.08. The lowest BCUT2D eigenvalue weighted by molar-refractivity contribution is 0.597. The van der Waals surface area contributed by atoms with E-state index in [9.17, 15) is 0 Å². The Morgan fingerprint density at radius 3 is 2.86 bits per heavy atom. The molecule has 0 aliphatic rings. The van der Waals surface area contributed by atoms with Gasteiger partial charge in [-0.2, -0.15) is 0 Å². The molecule has 0 saturated carbocycles. The van der Waals surface area contributed by atoms with Gasteiger partial charge in [-0.1, -0.05) is 12.1 Å².